The number of nitrogens with two attached hydrogens (primary N) is 1. The number of primary amides is 1. The number of hydrogen-bond acceptors (Lipinski definition) is 5. The van der Waals surface area contributed by atoms with Gasteiger partial charge in [-0.25, -0.2) is 0 Å². The molecule has 0 rings (SSSR count). The van der Waals surface area contributed by atoms with E-state index in [2.05, 4.69) is 17.2 Å². The standard InChI is InChI=1S/C29H50N2O6/c30-29(37)25(24-32)23-26(33)19-15-13-14-18-22-31-27(34)20-16-11-9-7-5-3-1-2-4-6-8-10-12-17-21-28(35)36/h25,32H,1-12,14,16-24H2,(H2,30,37)(H,31,34)(H,35,36)/t25-/m0/s1. The van der Waals surface area contributed by atoms with E-state index in [1.807, 2.05) is 0 Å². The van der Waals surface area contributed by atoms with Crippen LogP contribution < -0.4 is 11.1 Å². The number of unbranched alkanes of at least 4 members (excludes halogenated alkanes) is 14. The van der Waals surface area contributed by atoms with Crippen molar-refractivity contribution in [2.45, 2.75) is 128 Å². The van der Waals surface area contributed by atoms with Crippen LogP contribution in [0.2, 0.25) is 0 Å². The highest BCUT2D eigenvalue weighted by Gasteiger charge is 2.17. The topological polar surface area (TPSA) is 147 Å². The maximum Gasteiger partial charge on any atom is 0.303 e. The fraction of sp³-hybridized carbons (Fsp3) is 0.793. The third-order valence-electron chi connectivity index (χ3n) is 6.35. The molecule has 1 atom stereocenters. The third-order valence-corrected chi connectivity index (χ3v) is 6.35. The minimum atomic E-state index is -0.841. The van der Waals surface area contributed by atoms with E-state index in [1.54, 1.807) is 0 Å². The second kappa shape index (κ2) is 25.3. The number of carbonyl (C=O) groups excluding carboxylic acids is 3. The Labute approximate surface area is 223 Å². The molecule has 0 unspecified atom stereocenters. The summed E-state index contributed by atoms with van der Waals surface area (Å²) in [6, 6.07) is 0. The summed E-state index contributed by atoms with van der Waals surface area (Å²) in [7, 11) is 0. The normalized spacial score (nSPS) is 11.4. The zero-order valence-electron chi connectivity index (χ0n) is 22.7. The first-order valence-electron chi connectivity index (χ1n) is 14.2. The largest absolute Gasteiger partial charge is 0.481 e. The molecule has 0 saturated heterocycles. The number of carbonyl (C=O) groups is 4. The number of carboxylic acids is 1. The van der Waals surface area contributed by atoms with Crippen LogP contribution in [-0.4, -0.2) is 46.9 Å². The zero-order valence-corrected chi connectivity index (χ0v) is 22.7. The smallest absolute Gasteiger partial charge is 0.303 e. The van der Waals surface area contributed by atoms with Gasteiger partial charge < -0.3 is 21.3 Å². The molecule has 37 heavy (non-hydrogen) atoms. The number of aliphatic hydroxyl groups is 1. The summed E-state index contributed by atoms with van der Waals surface area (Å²) in [6.07, 6.45) is 18.4. The molecular weight excluding hydrogens is 472 g/mol. The van der Waals surface area contributed by atoms with Crippen molar-refractivity contribution in [3.63, 3.8) is 0 Å². The second-order valence-electron chi connectivity index (χ2n) is 9.85. The fourth-order valence-corrected chi connectivity index (χ4v) is 4.03. The number of aliphatic carboxylic acids is 1. The Balaban J connectivity index is 3.41. The lowest BCUT2D eigenvalue weighted by Crippen LogP contribution is -2.28. The van der Waals surface area contributed by atoms with Crippen molar-refractivity contribution in [3.8, 4) is 11.8 Å². The molecule has 0 heterocycles. The van der Waals surface area contributed by atoms with Gasteiger partial charge in [-0.2, -0.15) is 0 Å². The second-order valence-corrected chi connectivity index (χ2v) is 9.85. The predicted octanol–water partition coefficient (Wildman–Crippen LogP) is 4.66. The van der Waals surface area contributed by atoms with Gasteiger partial charge in [-0.05, 0) is 19.3 Å². The lowest BCUT2D eigenvalue weighted by Gasteiger charge is -2.06. The first kappa shape index (κ1) is 34.6. The van der Waals surface area contributed by atoms with Gasteiger partial charge in [0.1, 0.15) is 5.78 Å². The van der Waals surface area contributed by atoms with Crippen LogP contribution in [0.5, 0.6) is 0 Å². The van der Waals surface area contributed by atoms with Crippen LogP contribution in [-0.2, 0) is 19.2 Å². The molecule has 0 spiro atoms. The molecule has 8 heteroatoms. The summed E-state index contributed by atoms with van der Waals surface area (Å²) >= 11 is 0. The molecule has 0 bridgehead atoms. The number of Topliss-reactive ketones (excluding diaryl/α,β-unsaturated/α-hetero) is 1. The first-order valence-corrected chi connectivity index (χ1v) is 14.2. The molecule has 0 aromatic carbocycles. The maximum absolute atomic E-state index is 11.9. The van der Waals surface area contributed by atoms with Crippen LogP contribution in [0.1, 0.15) is 128 Å². The maximum atomic E-state index is 11.9. The molecule has 5 N–H and O–H groups in total. The number of aliphatic hydroxyl groups excluding tert-OH is 1. The molecule has 0 aliphatic carbocycles. The van der Waals surface area contributed by atoms with E-state index in [0.717, 1.165) is 38.5 Å². The fourth-order valence-electron chi connectivity index (χ4n) is 4.03. The van der Waals surface area contributed by atoms with Crippen LogP contribution in [0.3, 0.4) is 0 Å². The summed E-state index contributed by atoms with van der Waals surface area (Å²) in [5.41, 5.74) is 5.10. The number of carboxylic acid groups (broad SMARTS) is 1. The summed E-state index contributed by atoms with van der Waals surface area (Å²) < 4.78 is 0. The summed E-state index contributed by atoms with van der Waals surface area (Å²) in [5, 5.41) is 20.5. The van der Waals surface area contributed by atoms with Crippen LogP contribution in [0, 0.1) is 17.8 Å². The Hall–Kier alpha value is -2.40. The van der Waals surface area contributed by atoms with Gasteiger partial charge in [-0.3, -0.25) is 19.2 Å². The molecule has 212 valence electrons. The van der Waals surface area contributed by atoms with E-state index in [0.29, 0.717) is 25.8 Å². The Bertz CT molecular complexity index is 698. The van der Waals surface area contributed by atoms with Gasteiger partial charge in [0, 0.05) is 32.2 Å². The molecule has 0 aromatic heterocycles. The highest BCUT2D eigenvalue weighted by molar-refractivity contribution is 5.87. The number of nitrogens with one attached hydrogen (secondary N) is 1. The van der Waals surface area contributed by atoms with Gasteiger partial charge in [-0.1, -0.05) is 83.0 Å². The van der Waals surface area contributed by atoms with Gasteiger partial charge in [0.2, 0.25) is 11.8 Å². The van der Waals surface area contributed by atoms with Gasteiger partial charge in [0.15, 0.2) is 0 Å². The average Bonchev–Trinajstić information content (AvgIpc) is 2.86. The van der Waals surface area contributed by atoms with Crippen molar-refractivity contribution in [2.75, 3.05) is 13.2 Å². The molecule has 0 radical (unpaired) electrons. The third kappa shape index (κ3) is 25.0. The number of hydrogen-bond donors (Lipinski definition) is 4. The minimum absolute atomic E-state index is 0.0367. The minimum Gasteiger partial charge on any atom is -0.481 e. The molecule has 0 fully saturated rings. The van der Waals surface area contributed by atoms with Crippen molar-refractivity contribution in [2.24, 2.45) is 11.7 Å². The van der Waals surface area contributed by atoms with Crippen molar-refractivity contribution >= 4 is 23.6 Å². The van der Waals surface area contributed by atoms with E-state index in [9.17, 15) is 19.2 Å². The number of amides is 2. The molecule has 2 amide bonds. The molecular formula is C29H50N2O6. The van der Waals surface area contributed by atoms with Gasteiger partial charge in [0.25, 0.3) is 0 Å². The van der Waals surface area contributed by atoms with Gasteiger partial charge in [-0.15, -0.1) is 5.92 Å². The molecule has 0 aliphatic rings. The van der Waals surface area contributed by atoms with E-state index in [1.165, 1.54) is 57.8 Å². The SMILES string of the molecule is NC(=O)[C@H](CO)CC(=O)CC#CCCCNC(=O)CCCCCCCCCCCCCCCCC(=O)O. The summed E-state index contributed by atoms with van der Waals surface area (Å²) in [6.45, 7) is 0.136. The Morgan fingerprint density at radius 2 is 1.19 bits per heavy atom. The average molecular weight is 523 g/mol. The van der Waals surface area contributed by atoms with Crippen molar-refractivity contribution in [3.05, 3.63) is 0 Å². The molecule has 0 aromatic rings. The molecule has 0 aliphatic heterocycles. The van der Waals surface area contributed by atoms with E-state index in [4.69, 9.17) is 15.9 Å². The highest BCUT2D eigenvalue weighted by Crippen LogP contribution is 2.13. The van der Waals surface area contributed by atoms with E-state index in [-0.39, 0.29) is 24.5 Å². The van der Waals surface area contributed by atoms with E-state index >= 15 is 0 Å². The van der Waals surface area contributed by atoms with Gasteiger partial charge >= 0.3 is 5.97 Å². The lowest BCUT2D eigenvalue weighted by atomic mass is 10.0. The lowest BCUT2D eigenvalue weighted by molar-refractivity contribution is -0.137. The Morgan fingerprint density at radius 3 is 1.65 bits per heavy atom. The Kier molecular flexibility index (Phi) is 23.6. The summed E-state index contributed by atoms with van der Waals surface area (Å²) in [4.78, 5) is 45.0. The number of ketones is 1. The van der Waals surface area contributed by atoms with Crippen molar-refractivity contribution < 1.29 is 29.4 Å². The zero-order chi connectivity index (χ0) is 27.6. The van der Waals surface area contributed by atoms with Crippen LogP contribution in [0.25, 0.3) is 0 Å². The van der Waals surface area contributed by atoms with Crippen LogP contribution in [0.15, 0.2) is 0 Å². The van der Waals surface area contributed by atoms with Crippen LogP contribution in [0.4, 0.5) is 0 Å². The van der Waals surface area contributed by atoms with E-state index < -0.39 is 24.4 Å². The Morgan fingerprint density at radius 1 is 0.703 bits per heavy atom. The van der Waals surface area contributed by atoms with Gasteiger partial charge in [0.05, 0.1) is 18.9 Å². The van der Waals surface area contributed by atoms with Crippen molar-refractivity contribution in [1.82, 2.24) is 5.32 Å². The highest BCUT2D eigenvalue weighted by atomic mass is 16.4. The van der Waals surface area contributed by atoms with Crippen LogP contribution >= 0.6 is 0 Å². The summed E-state index contributed by atoms with van der Waals surface area (Å²) in [5.74, 6) is 3.31. The quantitative estimate of drug-likeness (QED) is 0.101. The predicted molar refractivity (Wildman–Crippen MR) is 146 cm³/mol. The first-order chi connectivity index (χ1) is 17.9. The van der Waals surface area contributed by atoms with Crippen molar-refractivity contribution in [1.29, 1.82) is 0 Å². The molecule has 0 saturated carbocycles. The monoisotopic (exact) mass is 522 g/mol. The molecule has 8 nitrogen and oxygen atoms in total. The number of rotatable bonds is 25.